The van der Waals surface area contributed by atoms with E-state index in [2.05, 4.69) is 17.6 Å². The topological polar surface area (TPSA) is 67.4 Å². The lowest BCUT2D eigenvalue weighted by molar-refractivity contribution is -0.139. The van der Waals surface area contributed by atoms with E-state index < -0.39 is 6.04 Å². The minimum atomic E-state index is -0.477. The normalized spacial score (nSPS) is 17.5. The van der Waals surface area contributed by atoms with Crippen LogP contribution in [-0.4, -0.2) is 18.6 Å². The van der Waals surface area contributed by atoms with Crippen LogP contribution in [0.25, 0.3) is 0 Å². The van der Waals surface area contributed by atoms with Gasteiger partial charge in [-0.25, -0.2) is 9.59 Å². The molecule has 0 spiro atoms. The highest BCUT2D eigenvalue weighted by molar-refractivity contribution is 5.95. The minimum absolute atomic E-state index is 0.286. The van der Waals surface area contributed by atoms with Crippen LogP contribution in [-0.2, 0) is 16.0 Å². The third kappa shape index (κ3) is 3.92. The number of aryl methyl sites for hydroxylation is 1. The van der Waals surface area contributed by atoms with Crippen molar-refractivity contribution in [3.8, 4) is 0 Å². The summed E-state index contributed by atoms with van der Waals surface area (Å²) in [6.45, 7) is 6.18. The van der Waals surface area contributed by atoms with Gasteiger partial charge in [0.25, 0.3) is 0 Å². The van der Waals surface area contributed by atoms with E-state index in [1.165, 1.54) is 5.56 Å². The molecule has 2 rings (SSSR count). The molecular weight excluding hydrogens is 292 g/mol. The maximum Gasteiger partial charge on any atom is 0.338 e. The van der Waals surface area contributed by atoms with Gasteiger partial charge in [0.15, 0.2) is 0 Å². The lowest BCUT2D eigenvalue weighted by Gasteiger charge is -2.29. The molecule has 2 amide bonds. The molecule has 5 heteroatoms. The predicted octanol–water partition coefficient (Wildman–Crippen LogP) is 3.22. The first-order valence-corrected chi connectivity index (χ1v) is 8.17. The molecule has 0 radical (unpaired) electrons. The first-order chi connectivity index (χ1) is 11.1. The number of ether oxygens (including phenoxy) is 1. The monoisotopic (exact) mass is 316 g/mol. The van der Waals surface area contributed by atoms with E-state index in [4.69, 9.17) is 4.74 Å². The molecule has 1 aromatic carbocycles. The van der Waals surface area contributed by atoms with E-state index in [1.807, 2.05) is 31.2 Å². The zero-order valence-electron chi connectivity index (χ0n) is 13.9. The van der Waals surface area contributed by atoms with Gasteiger partial charge in [0, 0.05) is 5.70 Å². The summed E-state index contributed by atoms with van der Waals surface area (Å²) in [6.07, 6.45) is 2.41. The van der Waals surface area contributed by atoms with Crippen molar-refractivity contribution >= 4 is 12.0 Å². The number of nitrogens with one attached hydrogen (secondary N) is 2. The SMILES string of the molecule is CCCC1=C(C(=O)OCC)[C@H](c2ccc(CC)cc2)NC(=O)N1. The second-order valence-corrected chi connectivity index (χ2v) is 5.49. The fourth-order valence-electron chi connectivity index (χ4n) is 2.71. The van der Waals surface area contributed by atoms with Crippen molar-refractivity contribution in [1.82, 2.24) is 10.6 Å². The van der Waals surface area contributed by atoms with Crippen molar-refractivity contribution in [3.63, 3.8) is 0 Å². The number of allylic oxidation sites excluding steroid dienone is 1. The Balaban J connectivity index is 2.45. The van der Waals surface area contributed by atoms with Crippen LogP contribution in [0.4, 0.5) is 4.79 Å². The predicted molar refractivity (Wildman–Crippen MR) is 88.8 cm³/mol. The zero-order chi connectivity index (χ0) is 16.8. The molecule has 0 bridgehead atoms. The molecule has 0 aliphatic carbocycles. The van der Waals surface area contributed by atoms with E-state index in [0.717, 1.165) is 18.4 Å². The Labute approximate surface area is 137 Å². The molecule has 0 saturated heterocycles. The van der Waals surface area contributed by atoms with Crippen molar-refractivity contribution < 1.29 is 14.3 Å². The fraction of sp³-hybridized carbons (Fsp3) is 0.444. The first-order valence-electron chi connectivity index (χ1n) is 8.17. The van der Waals surface area contributed by atoms with Crippen LogP contribution >= 0.6 is 0 Å². The van der Waals surface area contributed by atoms with Crippen molar-refractivity contribution in [3.05, 3.63) is 46.7 Å². The van der Waals surface area contributed by atoms with Crippen LogP contribution in [0, 0.1) is 0 Å². The van der Waals surface area contributed by atoms with Crippen LogP contribution in [0.5, 0.6) is 0 Å². The summed E-state index contributed by atoms with van der Waals surface area (Å²) < 4.78 is 5.20. The van der Waals surface area contributed by atoms with Gasteiger partial charge in [0.1, 0.15) is 0 Å². The molecule has 0 fully saturated rings. The van der Waals surface area contributed by atoms with Gasteiger partial charge in [-0.05, 0) is 30.9 Å². The number of rotatable bonds is 6. The van der Waals surface area contributed by atoms with Gasteiger partial charge in [-0.3, -0.25) is 0 Å². The van der Waals surface area contributed by atoms with Gasteiger partial charge in [-0.15, -0.1) is 0 Å². The quantitative estimate of drug-likeness (QED) is 0.792. The Hall–Kier alpha value is -2.30. The zero-order valence-corrected chi connectivity index (χ0v) is 13.9. The first kappa shape index (κ1) is 17.1. The maximum atomic E-state index is 12.4. The smallest absolute Gasteiger partial charge is 0.338 e. The number of hydrogen-bond acceptors (Lipinski definition) is 3. The largest absolute Gasteiger partial charge is 0.463 e. The molecule has 1 atom stereocenters. The summed E-state index contributed by atoms with van der Waals surface area (Å²) in [5.74, 6) is -0.381. The summed E-state index contributed by atoms with van der Waals surface area (Å²) >= 11 is 0. The maximum absolute atomic E-state index is 12.4. The molecule has 1 aromatic rings. The number of benzene rings is 1. The number of amides is 2. The molecule has 1 aliphatic heterocycles. The fourth-order valence-corrected chi connectivity index (χ4v) is 2.71. The summed E-state index contributed by atoms with van der Waals surface area (Å²) in [5.41, 5.74) is 3.25. The molecular formula is C18H24N2O3. The van der Waals surface area contributed by atoms with Crippen LogP contribution in [0.2, 0.25) is 0 Å². The molecule has 0 unspecified atom stereocenters. The summed E-state index contributed by atoms with van der Waals surface area (Å²) in [4.78, 5) is 24.4. The Kier molecular flexibility index (Phi) is 5.79. The van der Waals surface area contributed by atoms with Gasteiger partial charge < -0.3 is 15.4 Å². The highest BCUT2D eigenvalue weighted by Gasteiger charge is 2.33. The highest BCUT2D eigenvalue weighted by Crippen LogP contribution is 2.29. The van der Waals surface area contributed by atoms with Crippen LogP contribution < -0.4 is 10.6 Å². The van der Waals surface area contributed by atoms with E-state index >= 15 is 0 Å². The number of hydrogen-bond donors (Lipinski definition) is 2. The van der Waals surface area contributed by atoms with Crippen molar-refractivity contribution in [1.29, 1.82) is 0 Å². The Morgan fingerprint density at radius 1 is 1.17 bits per heavy atom. The van der Waals surface area contributed by atoms with Gasteiger partial charge in [0.2, 0.25) is 0 Å². The minimum Gasteiger partial charge on any atom is -0.463 e. The second kappa shape index (κ2) is 7.81. The third-order valence-corrected chi connectivity index (χ3v) is 3.87. The molecule has 124 valence electrons. The average Bonchev–Trinajstić information content (AvgIpc) is 2.55. The molecule has 2 N–H and O–H groups in total. The molecule has 5 nitrogen and oxygen atoms in total. The number of urea groups is 1. The van der Waals surface area contributed by atoms with Gasteiger partial charge in [-0.2, -0.15) is 0 Å². The molecule has 0 saturated carbocycles. The van der Waals surface area contributed by atoms with Crippen molar-refractivity contribution in [2.45, 2.75) is 46.1 Å². The number of esters is 1. The molecule has 1 aliphatic rings. The molecule has 0 aromatic heterocycles. The summed E-state index contributed by atoms with van der Waals surface area (Å²) in [5, 5.41) is 5.60. The molecule has 23 heavy (non-hydrogen) atoms. The lowest BCUT2D eigenvalue weighted by atomic mass is 9.93. The average molecular weight is 316 g/mol. The van der Waals surface area contributed by atoms with Crippen LogP contribution in [0.3, 0.4) is 0 Å². The van der Waals surface area contributed by atoms with E-state index in [9.17, 15) is 9.59 Å². The Morgan fingerprint density at radius 2 is 1.87 bits per heavy atom. The van der Waals surface area contributed by atoms with Gasteiger partial charge in [0.05, 0.1) is 18.2 Å². The van der Waals surface area contributed by atoms with Gasteiger partial charge >= 0.3 is 12.0 Å². The Bertz CT molecular complexity index is 605. The van der Waals surface area contributed by atoms with Crippen molar-refractivity contribution in [2.75, 3.05) is 6.61 Å². The third-order valence-electron chi connectivity index (χ3n) is 3.87. The van der Waals surface area contributed by atoms with E-state index in [0.29, 0.717) is 24.3 Å². The van der Waals surface area contributed by atoms with E-state index in [-0.39, 0.29) is 12.0 Å². The Morgan fingerprint density at radius 3 is 2.43 bits per heavy atom. The van der Waals surface area contributed by atoms with Crippen LogP contribution in [0.15, 0.2) is 35.5 Å². The van der Waals surface area contributed by atoms with Gasteiger partial charge in [-0.1, -0.05) is 44.5 Å². The number of carbonyl (C=O) groups excluding carboxylic acids is 2. The van der Waals surface area contributed by atoms with Crippen LogP contribution in [0.1, 0.15) is 50.8 Å². The summed E-state index contributed by atoms with van der Waals surface area (Å²) in [6, 6.07) is 7.19. The second-order valence-electron chi connectivity index (χ2n) is 5.49. The standard InChI is InChI=1S/C18H24N2O3/c1-4-7-14-15(17(21)23-6-3)16(20-18(22)19-14)13-10-8-12(5-2)9-11-13/h8-11,16H,4-7H2,1-3H3,(H2,19,20,22)/t16-/m0/s1. The van der Waals surface area contributed by atoms with Crippen molar-refractivity contribution in [2.24, 2.45) is 0 Å². The van der Waals surface area contributed by atoms with E-state index in [1.54, 1.807) is 6.92 Å². The lowest BCUT2D eigenvalue weighted by Crippen LogP contribution is -2.46. The summed E-state index contributed by atoms with van der Waals surface area (Å²) in [7, 11) is 0. The highest BCUT2D eigenvalue weighted by atomic mass is 16.5. The number of carbonyl (C=O) groups is 2. The molecule has 1 heterocycles.